The highest BCUT2D eigenvalue weighted by Crippen LogP contribution is 2.13. The summed E-state index contributed by atoms with van der Waals surface area (Å²) in [6.07, 6.45) is 1.28. The average molecular weight is 240 g/mol. The first-order valence-electron chi connectivity index (χ1n) is 5.87. The van der Waals surface area contributed by atoms with E-state index in [0.29, 0.717) is 18.5 Å². The van der Waals surface area contributed by atoms with Gasteiger partial charge >= 0.3 is 0 Å². The van der Waals surface area contributed by atoms with Crippen LogP contribution in [0.1, 0.15) is 49.0 Å². The highest BCUT2D eigenvalue weighted by atomic mass is 16.5. The third-order valence-electron chi connectivity index (χ3n) is 2.95. The van der Waals surface area contributed by atoms with Gasteiger partial charge in [-0.1, -0.05) is 19.0 Å². The second-order valence-corrected chi connectivity index (χ2v) is 4.47. The molecule has 1 aromatic rings. The Balaban J connectivity index is 2.67. The van der Waals surface area contributed by atoms with Crippen LogP contribution < -0.4 is 5.32 Å². The van der Waals surface area contributed by atoms with Gasteiger partial charge < -0.3 is 14.9 Å². The molecule has 1 unspecified atom stereocenters. The molecule has 0 radical (unpaired) electrons. The second kappa shape index (κ2) is 5.31. The van der Waals surface area contributed by atoms with Gasteiger partial charge in [0.2, 0.25) is 0 Å². The van der Waals surface area contributed by atoms with Crippen molar-refractivity contribution < 1.29 is 14.4 Å². The summed E-state index contributed by atoms with van der Waals surface area (Å²) in [4.78, 5) is 11.8. The maximum absolute atomic E-state index is 11.8. The minimum Gasteiger partial charge on any atom is -0.388 e. The zero-order chi connectivity index (χ0) is 13.1. The first-order valence-corrected chi connectivity index (χ1v) is 5.87. The van der Waals surface area contributed by atoms with Gasteiger partial charge in [-0.05, 0) is 20.3 Å². The molecule has 0 spiro atoms. The fraction of sp³-hybridized carbons (Fsp3) is 0.667. The van der Waals surface area contributed by atoms with Gasteiger partial charge in [0.05, 0.1) is 5.60 Å². The Hall–Kier alpha value is -1.36. The molecule has 1 amide bonds. The molecule has 1 rings (SSSR count). The number of nitrogens with one attached hydrogen (secondary N) is 1. The lowest BCUT2D eigenvalue weighted by Gasteiger charge is -2.21. The Labute approximate surface area is 101 Å². The maximum Gasteiger partial charge on any atom is 0.273 e. The first kappa shape index (κ1) is 13.7. The van der Waals surface area contributed by atoms with Crippen LogP contribution >= 0.6 is 0 Å². The van der Waals surface area contributed by atoms with Gasteiger partial charge in [0.1, 0.15) is 5.76 Å². The van der Waals surface area contributed by atoms with Crippen molar-refractivity contribution in [3.05, 3.63) is 17.0 Å². The summed E-state index contributed by atoms with van der Waals surface area (Å²) in [5.74, 6) is 0.414. The van der Waals surface area contributed by atoms with Crippen LogP contribution in [0.3, 0.4) is 0 Å². The predicted molar refractivity (Wildman–Crippen MR) is 63.9 cm³/mol. The molecular weight excluding hydrogens is 220 g/mol. The number of aromatic nitrogens is 1. The molecule has 1 atom stereocenters. The van der Waals surface area contributed by atoms with E-state index in [1.54, 1.807) is 6.92 Å². The molecule has 5 nitrogen and oxygen atoms in total. The summed E-state index contributed by atoms with van der Waals surface area (Å²) < 4.78 is 5.05. The SMILES string of the molecule is CCc1onc(C(=O)NCC(C)(O)CC)c1C. The summed E-state index contributed by atoms with van der Waals surface area (Å²) in [6, 6.07) is 0. The number of rotatable bonds is 5. The average Bonchev–Trinajstić information content (AvgIpc) is 2.67. The van der Waals surface area contributed by atoms with Crippen LogP contribution in [0.4, 0.5) is 0 Å². The van der Waals surface area contributed by atoms with E-state index in [0.717, 1.165) is 11.3 Å². The number of aryl methyl sites for hydroxylation is 1. The Morgan fingerprint density at radius 2 is 2.18 bits per heavy atom. The molecule has 1 aromatic heterocycles. The highest BCUT2D eigenvalue weighted by molar-refractivity contribution is 5.93. The lowest BCUT2D eigenvalue weighted by molar-refractivity contribution is 0.0516. The number of carbonyl (C=O) groups is 1. The van der Waals surface area contributed by atoms with Crippen molar-refractivity contribution in [2.75, 3.05) is 6.54 Å². The van der Waals surface area contributed by atoms with Gasteiger partial charge in [0.25, 0.3) is 5.91 Å². The van der Waals surface area contributed by atoms with E-state index in [9.17, 15) is 9.90 Å². The second-order valence-electron chi connectivity index (χ2n) is 4.47. The van der Waals surface area contributed by atoms with Crippen LogP contribution in [0.25, 0.3) is 0 Å². The normalized spacial score (nSPS) is 14.4. The van der Waals surface area contributed by atoms with Crippen molar-refractivity contribution in [1.29, 1.82) is 0 Å². The van der Waals surface area contributed by atoms with Gasteiger partial charge in [-0.25, -0.2) is 0 Å². The van der Waals surface area contributed by atoms with E-state index in [4.69, 9.17) is 4.52 Å². The molecule has 17 heavy (non-hydrogen) atoms. The number of hydrogen-bond acceptors (Lipinski definition) is 4. The molecule has 0 aliphatic rings. The molecule has 0 fully saturated rings. The molecule has 96 valence electrons. The van der Waals surface area contributed by atoms with E-state index < -0.39 is 5.60 Å². The molecular formula is C12H20N2O3. The summed E-state index contributed by atoms with van der Waals surface area (Å²) >= 11 is 0. The minimum absolute atomic E-state index is 0.204. The molecule has 0 aliphatic heterocycles. The van der Waals surface area contributed by atoms with Crippen LogP contribution in [0.5, 0.6) is 0 Å². The summed E-state index contributed by atoms with van der Waals surface area (Å²) in [6.45, 7) is 7.50. The van der Waals surface area contributed by atoms with Crippen LogP contribution in [0.2, 0.25) is 0 Å². The standard InChI is InChI=1S/C12H20N2O3/c1-5-9-8(3)10(14-17-9)11(15)13-7-12(4,16)6-2/h16H,5-7H2,1-4H3,(H,13,15). The summed E-state index contributed by atoms with van der Waals surface area (Å²) in [7, 11) is 0. The lowest BCUT2D eigenvalue weighted by Crippen LogP contribution is -2.40. The number of amides is 1. The van der Waals surface area contributed by atoms with Crippen molar-refractivity contribution in [1.82, 2.24) is 10.5 Å². The highest BCUT2D eigenvalue weighted by Gasteiger charge is 2.22. The van der Waals surface area contributed by atoms with Crippen molar-refractivity contribution >= 4 is 5.91 Å². The van der Waals surface area contributed by atoms with Crippen LogP contribution in [-0.2, 0) is 6.42 Å². The Bertz CT molecular complexity index is 396. The summed E-state index contributed by atoms with van der Waals surface area (Å²) in [5, 5.41) is 16.2. The third kappa shape index (κ3) is 3.30. The smallest absolute Gasteiger partial charge is 0.273 e. The number of carbonyl (C=O) groups excluding carboxylic acids is 1. The van der Waals surface area contributed by atoms with Crippen LogP contribution in [0.15, 0.2) is 4.52 Å². The Morgan fingerprint density at radius 3 is 2.65 bits per heavy atom. The van der Waals surface area contributed by atoms with Gasteiger partial charge in [-0.15, -0.1) is 0 Å². The van der Waals surface area contributed by atoms with Gasteiger partial charge in [-0.2, -0.15) is 0 Å². The Morgan fingerprint density at radius 1 is 1.53 bits per heavy atom. The zero-order valence-corrected chi connectivity index (χ0v) is 10.8. The minimum atomic E-state index is -0.888. The largest absolute Gasteiger partial charge is 0.388 e. The molecule has 2 N–H and O–H groups in total. The van der Waals surface area contributed by atoms with Crippen LogP contribution in [-0.4, -0.2) is 28.3 Å². The quantitative estimate of drug-likeness (QED) is 0.816. The number of nitrogens with zero attached hydrogens (tertiary/aromatic N) is 1. The van der Waals surface area contributed by atoms with E-state index >= 15 is 0 Å². The van der Waals surface area contributed by atoms with Crippen molar-refractivity contribution in [2.45, 2.75) is 46.1 Å². The number of aliphatic hydroxyl groups is 1. The zero-order valence-electron chi connectivity index (χ0n) is 10.8. The summed E-state index contributed by atoms with van der Waals surface area (Å²) in [5.41, 5.74) is 0.177. The van der Waals surface area contributed by atoms with Gasteiger partial charge in [-0.3, -0.25) is 4.79 Å². The molecule has 1 heterocycles. The van der Waals surface area contributed by atoms with Crippen molar-refractivity contribution in [2.24, 2.45) is 0 Å². The molecule has 0 aromatic carbocycles. The predicted octanol–water partition coefficient (Wildman–Crippen LogP) is 1.44. The maximum atomic E-state index is 11.8. The van der Waals surface area contributed by atoms with Crippen molar-refractivity contribution in [3.63, 3.8) is 0 Å². The Kier molecular flexibility index (Phi) is 4.28. The number of hydrogen-bond donors (Lipinski definition) is 2. The lowest BCUT2D eigenvalue weighted by atomic mass is 10.0. The fourth-order valence-electron chi connectivity index (χ4n) is 1.39. The topological polar surface area (TPSA) is 75.4 Å². The monoisotopic (exact) mass is 240 g/mol. The third-order valence-corrected chi connectivity index (χ3v) is 2.95. The molecule has 0 bridgehead atoms. The molecule has 5 heteroatoms. The molecule has 0 saturated heterocycles. The van der Waals surface area contributed by atoms with E-state index in [1.165, 1.54) is 0 Å². The van der Waals surface area contributed by atoms with Crippen LogP contribution in [0, 0.1) is 6.92 Å². The van der Waals surface area contributed by atoms with Gasteiger partial charge in [0, 0.05) is 18.5 Å². The van der Waals surface area contributed by atoms with E-state index in [-0.39, 0.29) is 12.5 Å². The van der Waals surface area contributed by atoms with E-state index in [1.807, 2.05) is 20.8 Å². The first-order chi connectivity index (χ1) is 7.91. The molecule has 0 saturated carbocycles. The molecule has 0 aliphatic carbocycles. The van der Waals surface area contributed by atoms with Crippen molar-refractivity contribution in [3.8, 4) is 0 Å². The van der Waals surface area contributed by atoms with E-state index in [2.05, 4.69) is 10.5 Å². The fourth-order valence-corrected chi connectivity index (χ4v) is 1.39. The van der Waals surface area contributed by atoms with Gasteiger partial charge in [0.15, 0.2) is 5.69 Å².